The molecule has 1 saturated carbocycles. The highest BCUT2D eigenvalue weighted by Gasteiger charge is 2.39. The second kappa shape index (κ2) is 3.95. The van der Waals surface area contributed by atoms with Crippen LogP contribution in [-0.4, -0.2) is 17.0 Å². The van der Waals surface area contributed by atoms with E-state index in [9.17, 15) is 5.11 Å². The van der Waals surface area contributed by atoms with E-state index < -0.39 is 0 Å². The topological polar surface area (TPSA) is 20.2 Å². The Morgan fingerprint density at radius 1 is 1.36 bits per heavy atom. The molecule has 1 aliphatic carbocycles. The molecular weight excluding hydrogens is 192 g/mol. The van der Waals surface area contributed by atoms with E-state index in [1.165, 1.54) is 10.5 Å². The molecule has 14 heavy (non-hydrogen) atoms. The van der Waals surface area contributed by atoms with Gasteiger partial charge in [-0.05, 0) is 43.6 Å². The van der Waals surface area contributed by atoms with Gasteiger partial charge in [0.05, 0.1) is 5.60 Å². The van der Waals surface area contributed by atoms with Crippen LogP contribution in [0.3, 0.4) is 0 Å². The fourth-order valence-corrected chi connectivity index (χ4v) is 2.32. The molecule has 0 unspecified atom stereocenters. The Bertz CT molecular complexity index is 318. The highest BCUT2D eigenvalue weighted by atomic mass is 32.2. The van der Waals surface area contributed by atoms with Crippen LogP contribution >= 0.6 is 11.8 Å². The first-order chi connectivity index (χ1) is 6.73. The number of rotatable bonds is 4. The molecular formula is C12H16OS. The van der Waals surface area contributed by atoms with Crippen molar-refractivity contribution in [3.63, 3.8) is 0 Å². The minimum atomic E-state index is -0.314. The summed E-state index contributed by atoms with van der Waals surface area (Å²) in [5, 5.41) is 9.75. The van der Waals surface area contributed by atoms with Crippen molar-refractivity contribution in [1.82, 2.24) is 0 Å². The van der Waals surface area contributed by atoms with Crippen LogP contribution in [0.15, 0.2) is 29.2 Å². The van der Waals surface area contributed by atoms with Crippen LogP contribution in [-0.2, 0) is 6.42 Å². The van der Waals surface area contributed by atoms with Gasteiger partial charge in [0.25, 0.3) is 0 Å². The maximum atomic E-state index is 9.75. The molecule has 76 valence electrons. The summed E-state index contributed by atoms with van der Waals surface area (Å²) >= 11 is 1.78. The second-order valence-corrected chi connectivity index (χ2v) is 4.88. The molecule has 0 saturated heterocycles. The Kier molecular flexibility index (Phi) is 2.84. The molecule has 0 bridgehead atoms. The smallest absolute Gasteiger partial charge is 0.0653 e. The van der Waals surface area contributed by atoms with Gasteiger partial charge in [0.1, 0.15) is 0 Å². The van der Waals surface area contributed by atoms with Gasteiger partial charge in [0.15, 0.2) is 0 Å². The maximum absolute atomic E-state index is 9.75. The molecule has 0 spiro atoms. The highest BCUT2D eigenvalue weighted by Crippen LogP contribution is 2.39. The monoisotopic (exact) mass is 208 g/mol. The highest BCUT2D eigenvalue weighted by molar-refractivity contribution is 7.98. The molecule has 0 heterocycles. The fraction of sp³-hybridized carbons (Fsp3) is 0.500. The lowest BCUT2D eigenvalue weighted by molar-refractivity contribution is 0.140. The van der Waals surface area contributed by atoms with Crippen LogP contribution in [0.1, 0.15) is 24.8 Å². The van der Waals surface area contributed by atoms with Crippen molar-refractivity contribution in [2.45, 2.75) is 36.2 Å². The lowest BCUT2D eigenvalue weighted by Crippen LogP contribution is -2.07. The number of benzene rings is 1. The van der Waals surface area contributed by atoms with Gasteiger partial charge < -0.3 is 5.11 Å². The summed E-state index contributed by atoms with van der Waals surface area (Å²) in [7, 11) is 0. The van der Waals surface area contributed by atoms with Gasteiger partial charge in [-0.3, -0.25) is 0 Å². The quantitative estimate of drug-likeness (QED) is 0.768. The molecule has 2 rings (SSSR count). The molecule has 0 aliphatic heterocycles. The summed E-state index contributed by atoms with van der Waals surface area (Å²) in [6, 6.07) is 8.46. The SMILES string of the molecule is CSc1ccccc1CCC1(O)CC1. The van der Waals surface area contributed by atoms with Crippen LogP contribution < -0.4 is 0 Å². The minimum Gasteiger partial charge on any atom is -0.390 e. The largest absolute Gasteiger partial charge is 0.390 e. The Balaban J connectivity index is 2.00. The summed E-state index contributed by atoms with van der Waals surface area (Å²) < 4.78 is 0. The van der Waals surface area contributed by atoms with E-state index in [0.29, 0.717) is 0 Å². The third-order valence-electron chi connectivity index (χ3n) is 2.88. The summed E-state index contributed by atoms with van der Waals surface area (Å²) in [5.74, 6) is 0. The molecule has 1 aromatic carbocycles. The van der Waals surface area contributed by atoms with E-state index in [1.54, 1.807) is 11.8 Å². The standard InChI is InChI=1S/C12H16OS/c1-14-11-5-3-2-4-10(11)6-7-12(13)8-9-12/h2-5,13H,6-9H2,1H3. The number of hydrogen-bond donors (Lipinski definition) is 1. The molecule has 1 nitrogen and oxygen atoms in total. The number of aryl methyl sites for hydroxylation is 1. The lowest BCUT2D eigenvalue weighted by atomic mass is 10.1. The average molecular weight is 208 g/mol. The van der Waals surface area contributed by atoms with Gasteiger partial charge in [-0.25, -0.2) is 0 Å². The van der Waals surface area contributed by atoms with E-state index >= 15 is 0 Å². The number of hydrogen-bond acceptors (Lipinski definition) is 2. The number of thioether (sulfide) groups is 1. The molecule has 1 aromatic rings. The van der Waals surface area contributed by atoms with Gasteiger partial charge in [-0.15, -0.1) is 11.8 Å². The first-order valence-electron chi connectivity index (χ1n) is 5.08. The van der Waals surface area contributed by atoms with Gasteiger partial charge in [0, 0.05) is 4.90 Å². The van der Waals surface area contributed by atoms with Crippen molar-refractivity contribution in [2.24, 2.45) is 0 Å². The molecule has 0 aromatic heterocycles. The average Bonchev–Trinajstić information content (AvgIpc) is 2.95. The van der Waals surface area contributed by atoms with Crippen molar-refractivity contribution in [3.05, 3.63) is 29.8 Å². The zero-order valence-corrected chi connectivity index (χ0v) is 9.31. The minimum absolute atomic E-state index is 0.314. The van der Waals surface area contributed by atoms with E-state index in [1.807, 2.05) is 0 Å². The molecule has 1 aliphatic rings. The lowest BCUT2D eigenvalue weighted by Gasteiger charge is -2.09. The van der Waals surface area contributed by atoms with Crippen molar-refractivity contribution in [3.8, 4) is 0 Å². The van der Waals surface area contributed by atoms with Gasteiger partial charge in [-0.2, -0.15) is 0 Å². The van der Waals surface area contributed by atoms with Crippen LogP contribution in [0, 0.1) is 0 Å². The first kappa shape index (κ1) is 10.1. The Hall–Kier alpha value is -0.470. The predicted octanol–water partition coefficient (Wildman–Crippen LogP) is 2.87. The molecule has 1 N–H and O–H groups in total. The van der Waals surface area contributed by atoms with Crippen LogP contribution in [0.4, 0.5) is 0 Å². The first-order valence-corrected chi connectivity index (χ1v) is 6.30. The summed E-state index contributed by atoms with van der Waals surface area (Å²) in [6.45, 7) is 0. The van der Waals surface area contributed by atoms with Crippen LogP contribution in [0.5, 0.6) is 0 Å². The van der Waals surface area contributed by atoms with E-state index in [4.69, 9.17) is 0 Å². The van der Waals surface area contributed by atoms with Crippen molar-refractivity contribution in [2.75, 3.05) is 6.26 Å². The molecule has 1 fully saturated rings. The van der Waals surface area contributed by atoms with Gasteiger partial charge in [0.2, 0.25) is 0 Å². The van der Waals surface area contributed by atoms with E-state index in [-0.39, 0.29) is 5.60 Å². The van der Waals surface area contributed by atoms with E-state index in [2.05, 4.69) is 30.5 Å². The van der Waals surface area contributed by atoms with Crippen molar-refractivity contribution >= 4 is 11.8 Å². The predicted molar refractivity (Wildman–Crippen MR) is 60.7 cm³/mol. The number of aliphatic hydroxyl groups is 1. The summed E-state index contributed by atoms with van der Waals surface area (Å²) in [4.78, 5) is 1.34. The zero-order chi connectivity index (χ0) is 10.0. The Morgan fingerprint density at radius 2 is 2.07 bits per heavy atom. The van der Waals surface area contributed by atoms with Crippen LogP contribution in [0.25, 0.3) is 0 Å². The Morgan fingerprint density at radius 3 is 2.71 bits per heavy atom. The zero-order valence-electron chi connectivity index (χ0n) is 8.49. The van der Waals surface area contributed by atoms with Gasteiger partial charge in [-0.1, -0.05) is 18.2 Å². The Labute approximate surface area is 89.5 Å². The molecule has 0 radical (unpaired) electrons. The van der Waals surface area contributed by atoms with E-state index in [0.717, 1.165) is 25.7 Å². The van der Waals surface area contributed by atoms with Crippen molar-refractivity contribution < 1.29 is 5.11 Å². The van der Waals surface area contributed by atoms with Crippen molar-refractivity contribution in [1.29, 1.82) is 0 Å². The molecule has 0 amide bonds. The summed E-state index contributed by atoms with van der Waals surface area (Å²) in [6.07, 6.45) is 6.02. The third kappa shape index (κ3) is 2.31. The van der Waals surface area contributed by atoms with Gasteiger partial charge >= 0.3 is 0 Å². The third-order valence-corrected chi connectivity index (χ3v) is 3.72. The molecule has 2 heteroatoms. The van der Waals surface area contributed by atoms with Crippen LogP contribution in [0.2, 0.25) is 0 Å². The second-order valence-electron chi connectivity index (χ2n) is 4.04. The summed E-state index contributed by atoms with van der Waals surface area (Å²) in [5.41, 5.74) is 1.06. The fourth-order valence-electron chi connectivity index (χ4n) is 1.67. The molecule has 0 atom stereocenters. The normalized spacial score (nSPS) is 18.1. The maximum Gasteiger partial charge on any atom is 0.0653 e.